The number of pyridine rings is 1. The zero-order chi connectivity index (χ0) is 21.8. The number of aryl methyl sites for hydroxylation is 1. The van der Waals surface area contributed by atoms with E-state index in [1.54, 1.807) is 13.2 Å². The number of nitrogens with two attached hydrogens (primary N) is 1. The fourth-order valence-electron chi connectivity index (χ4n) is 3.43. The van der Waals surface area contributed by atoms with E-state index in [1.165, 1.54) is 0 Å². The average molecular weight is 450 g/mol. The van der Waals surface area contributed by atoms with Crippen LogP contribution in [0.5, 0.6) is 11.5 Å². The van der Waals surface area contributed by atoms with Gasteiger partial charge in [-0.15, -0.1) is 12.4 Å². The molecule has 4 rings (SSSR count). The number of carbonyl (C=O) groups is 1. The van der Waals surface area contributed by atoms with Gasteiger partial charge in [0.2, 0.25) is 0 Å². The van der Waals surface area contributed by atoms with Crippen molar-refractivity contribution in [1.82, 2.24) is 4.98 Å². The molecule has 0 aliphatic rings. The van der Waals surface area contributed by atoms with Crippen molar-refractivity contribution in [3.05, 3.63) is 89.6 Å². The summed E-state index contributed by atoms with van der Waals surface area (Å²) in [6.07, 6.45) is 0. The largest absolute Gasteiger partial charge is 0.493 e. The number of halogens is 1. The van der Waals surface area contributed by atoms with Crippen molar-refractivity contribution in [2.75, 3.05) is 18.2 Å². The summed E-state index contributed by atoms with van der Waals surface area (Å²) in [6.45, 7) is 2.13. The second kappa shape index (κ2) is 10.0. The van der Waals surface area contributed by atoms with Gasteiger partial charge in [-0.05, 0) is 49.4 Å². The summed E-state index contributed by atoms with van der Waals surface area (Å²) in [7, 11) is 1.59. The summed E-state index contributed by atoms with van der Waals surface area (Å²) >= 11 is 0. The summed E-state index contributed by atoms with van der Waals surface area (Å²) in [5.74, 6) is 1.03. The molecule has 0 radical (unpaired) electrons. The normalized spacial score (nSPS) is 10.3. The topological polar surface area (TPSA) is 86.5 Å². The van der Waals surface area contributed by atoms with Crippen LogP contribution in [0.25, 0.3) is 10.9 Å². The minimum Gasteiger partial charge on any atom is -0.493 e. The minimum atomic E-state index is -0.225. The number of para-hydroxylation sites is 2. The fourth-order valence-corrected chi connectivity index (χ4v) is 3.43. The number of amides is 1. The van der Waals surface area contributed by atoms with Crippen LogP contribution in [-0.4, -0.2) is 18.0 Å². The number of methoxy groups -OCH3 is 1. The number of ether oxygens (including phenoxy) is 2. The molecule has 0 atom stereocenters. The molecule has 0 unspecified atom stereocenters. The first-order valence-electron chi connectivity index (χ1n) is 9.87. The van der Waals surface area contributed by atoms with Crippen molar-refractivity contribution in [3.8, 4) is 11.5 Å². The SMILES string of the molecule is COc1ccccc1OCc1ccccc1C(=O)Nc1ccc2nc(C)cc(N)c2c1.Cl. The van der Waals surface area contributed by atoms with Crippen molar-refractivity contribution in [3.63, 3.8) is 0 Å². The van der Waals surface area contributed by atoms with E-state index >= 15 is 0 Å². The number of nitrogen functional groups attached to an aromatic ring is 1. The van der Waals surface area contributed by atoms with Crippen LogP contribution in [0.2, 0.25) is 0 Å². The van der Waals surface area contributed by atoms with Gasteiger partial charge < -0.3 is 20.5 Å². The third kappa shape index (κ3) is 4.92. The second-order valence-corrected chi connectivity index (χ2v) is 7.14. The Kier molecular flexibility index (Phi) is 7.18. The van der Waals surface area contributed by atoms with Gasteiger partial charge in [-0.3, -0.25) is 9.78 Å². The Morgan fingerprint density at radius 2 is 1.72 bits per heavy atom. The van der Waals surface area contributed by atoms with E-state index in [0.717, 1.165) is 22.2 Å². The van der Waals surface area contributed by atoms with Gasteiger partial charge in [-0.2, -0.15) is 0 Å². The van der Waals surface area contributed by atoms with Crippen LogP contribution in [-0.2, 0) is 6.61 Å². The molecule has 3 N–H and O–H groups in total. The highest BCUT2D eigenvalue weighted by molar-refractivity contribution is 6.06. The first kappa shape index (κ1) is 22.9. The lowest BCUT2D eigenvalue weighted by molar-refractivity contribution is 0.102. The highest BCUT2D eigenvalue weighted by Gasteiger charge is 2.13. The number of anilines is 2. The van der Waals surface area contributed by atoms with Crippen LogP contribution in [0.1, 0.15) is 21.6 Å². The first-order valence-corrected chi connectivity index (χ1v) is 9.87. The Morgan fingerprint density at radius 3 is 2.50 bits per heavy atom. The van der Waals surface area contributed by atoms with Crippen LogP contribution in [0.4, 0.5) is 11.4 Å². The molecule has 1 heterocycles. The van der Waals surface area contributed by atoms with Crippen LogP contribution >= 0.6 is 12.4 Å². The lowest BCUT2D eigenvalue weighted by Crippen LogP contribution is -2.15. The van der Waals surface area contributed by atoms with Gasteiger partial charge in [0.15, 0.2) is 11.5 Å². The van der Waals surface area contributed by atoms with Gasteiger partial charge in [-0.1, -0.05) is 30.3 Å². The van der Waals surface area contributed by atoms with Crippen LogP contribution in [0, 0.1) is 6.92 Å². The Morgan fingerprint density at radius 1 is 1.00 bits per heavy atom. The van der Waals surface area contributed by atoms with Crippen LogP contribution in [0.15, 0.2) is 72.8 Å². The Balaban J connectivity index is 0.00000289. The number of hydrogen-bond acceptors (Lipinski definition) is 5. The predicted molar refractivity (Wildman–Crippen MR) is 130 cm³/mol. The molecule has 0 bridgehead atoms. The van der Waals surface area contributed by atoms with E-state index in [-0.39, 0.29) is 24.9 Å². The zero-order valence-corrected chi connectivity index (χ0v) is 18.6. The van der Waals surface area contributed by atoms with Gasteiger partial charge in [0, 0.05) is 33.6 Å². The van der Waals surface area contributed by atoms with Crippen LogP contribution < -0.4 is 20.5 Å². The van der Waals surface area contributed by atoms with E-state index < -0.39 is 0 Å². The maximum Gasteiger partial charge on any atom is 0.256 e. The standard InChI is InChI=1S/C25H23N3O3.ClH/c1-16-13-21(26)20-14-18(11-12-22(20)27-16)28-25(29)19-8-4-3-7-17(19)15-31-24-10-6-5-9-23(24)30-2;/h3-14H,15H2,1-2H3,(H2,26,27)(H,28,29);1H. The number of hydrogen-bond donors (Lipinski definition) is 2. The lowest BCUT2D eigenvalue weighted by atomic mass is 10.1. The van der Waals surface area contributed by atoms with E-state index in [0.29, 0.717) is 28.4 Å². The molecule has 0 aliphatic heterocycles. The molecular formula is C25H24ClN3O3. The molecule has 0 spiro atoms. The number of rotatable bonds is 6. The highest BCUT2D eigenvalue weighted by atomic mass is 35.5. The van der Waals surface area contributed by atoms with Crippen molar-refractivity contribution in [2.45, 2.75) is 13.5 Å². The summed E-state index contributed by atoms with van der Waals surface area (Å²) in [6, 6.07) is 22.1. The Bertz CT molecular complexity index is 1260. The monoisotopic (exact) mass is 449 g/mol. The molecule has 1 amide bonds. The maximum atomic E-state index is 13.0. The van der Waals surface area contributed by atoms with Crippen LogP contribution in [0.3, 0.4) is 0 Å². The number of aromatic nitrogens is 1. The molecular weight excluding hydrogens is 426 g/mol. The number of carbonyl (C=O) groups excluding carboxylic acids is 1. The average Bonchev–Trinajstić information content (AvgIpc) is 2.78. The summed E-state index contributed by atoms with van der Waals surface area (Å²) in [5.41, 5.74) is 10.4. The summed E-state index contributed by atoms with van der Waals surface area (Å²) < 4.78 is 11.2. The minimum absolute atomic E-state index is 0. The molecule has 3 aromatic carbocycles. The molecule has 1 aromatic heterocycles. The van der Waals surface area contributed by atoms with Crippen molar-refractivity contribution >= 4 is 40.6 Å². The predicted octanol–water partition coefficient (Wildman–Crippen LogP) is 5.39. The molecule has 0 fully saturated rings. The van der Waals surface area contributed by atoms with E-state index in [1.807, 2.05) is 73.7 Å². The zero-order valence-electron chi connectivity index (χ0n) is 17.8. The molecule has 0 saturated heterocycles. The molecule has 4 aromatic rings. The van der Waals surface area contributed by atoms with Gasteiger partial charge in [-0.25, -0.2) is 0 Å². The van der Waals surface area contributed by atoms with Crippen molar-refractivity contribution < 1.29 is 14.3 Å². The third-order valence-corrected chi connectivity index (χ3v) is 4.94. The quantitative estimate of drug-likeness (QED) is 0.412. The molecule has 0 aliphatic carbocycles. The second-order valence-electron chi connectivity index (χ2n) is 7.14. The highest BCUT2D eigenvalue weighted by Crippen LogP contribution is 2.28. The Hall–Kier alpha value is -3.77. The van der Waals surface area contributed by atoms with Gasteiger partial charge in [0.1, 0.15) is 6.61 Å². The smallest absolute Gasteiger partial charge is 0.256 e. The van der Waals surface area contributed by atoms with E-state index in [2.05, 4.69) is 10.3 Å². The van der Waals surface area contributed by atoms with Gasteiger partial charge in [0.05, 0.1) is 12.6 Å². The molecule has 32 heavy (non-hydrogen) atoms. The number of nitrogens with one attached hydrogen (secondary N) is 1. The maximum absolute atomic E-state index is 13.0. The third-order valence-electron chi connectivity index (χ3n) is 4.94. The van der Waals surface area contributed by atoms with E-state index in [4.69, 9.17) is 15.2 Å². The fraction of sp³-hybridized carbons (Fsp3) is 0.120. The molecule has 164 valence electrons. The number of nitrogens with zero attached hydrogens (tertiary/aromatic N) is 1. The number of fused-ring (bicyclic) bond motifs is 1. The summed E-state index contributed by atoms with van der Waals surface area (Å²) in [5, 5.41) is 3.75. The molecule has 0 saturated carbocycles. The van der Waals surface area contributed by atoms with E-state index in [9.17, 15) is 4.79 Å². The Labute approximate surface area is 192 Å². The van der Waals surface area contributed by atoms with Crippen molar-refractivity contribution in [2.24, 2.45) is 0 Å². The molecule has 6 nitrogen and oxygen atoms in total. The first-order chi connectivity index (χ1) is 15.0. The summed E-state index contributed by atoms with van der Waals surface area (Å²) in [4.78, 5) is 17.5. The van der Waals surface area contributed by atoms with Gasteiger partial charge in [0.25, 0.3) is 5.91 Å². The number of benzene rings is 3. The molecule has 7 heteroatoms. The lowest BCUT2D eigenvalue weighted by Gasteiger charge is -2.13. The van der Waals surface area contributed by atoms with Gasteiger partial charge >= 0.3 is 0 Å². The van der Waals surface area contributed by atoms with Crippen molar-refractivity contribution in [1.29, 1.82) is 0 Å².